The molecular weight excluding hydrogens is 356 g/mol. The van der Waals surface area contributed by atoms with Crippen molar-refractivity contribution in [3.8, 4) is 5.75 Å². The molecule has 5 N–H and O–H groups in total. The predicted octanol–water partition coefficient (Wildman–Crippen LogP) is 1.78. The van der Waals surface area contributed by atoms with E-state index in [9.17, 15) is 19.4 Å². The maximum atomic E-state index is 12.1. The SMILES string of the molecule is NCCC[P+](O)(O)C(=O)c1cc(Cl)c(OCC(=O)O)c(Cl)c1. The van der Waals surface area contributed by atoms with Crippen LogP contribution in [0.1, 0.15) is 16.8 Å². The van der Waals surface area contributed by atoms with Crippen LogP contribution in [-0.4, -0.2) is 45.7 Å². The van der Waals surface area contributed by atoms with Gasteiger partial charge in [-0.1, -0.05) is 23.2 Å². The highest BCUT2D eigenvalue weighted by atomic mass is 35.5. The van der Waals surface area contributed by atoms with Crippen molar-refractivity contribution in [3.05, 3.63) is 27.7 Å². The number of carbonyl (C=O) groups is 2. The lowest BCUT2D eigenvalue weighted by Crippen LogP contribution is -2.13. The second-order valence-electron chi connectivity index (χ2n) is 4.35. The lowest BCUT2D eigenvalue weighted by Gasteiger charge is -2.12. The highest BCUT2D eigenvalue weighted by Crippen LogP contribution is 2.54. The van der Waals surface area contributed by atoms with Crippen LogP contribution < -0.4 is 10.5 Å². The molecule has 0 heterocycles. The normalized spacial score (nSPS) is 11.3. The number of carbonyl (C=O) groups excluding carboxylic acids is 1. The highest BCUT2D eigenvalue weighted by Gasteiger charge is 2.44. The first kappa shape index (κ1) is 19.1. The van der Waals surface area contributed by atoms with Crippen LogP contribution in [0, 0.1) is 0 Å². The van der Waals surface area contributed by atoms with Gasteiger partial charge in [-0.2, -0.15) is 0 Å². The first-order valence-corrected chi connectivity index (χ1v) is 8.74. The summed E-state index contributed by atoms with van der Waals surface area (Å²) >= 11 is 11.8. The number of carboxylic acid groups (broad SMARTS) is 1. The number of ether oxygens (including phenoxy) is 1. The molecule has 0 unspecified atom stereocenters. The summed E-state index contributed by atoms with van der Waals surface area (Å²) in [4.78, 5) is 42.3. The summed E-state index contributed by atoms with van der Waals surface area (Å²) in [7, 11) is -3.83. The van der Waals surface area contributed by atoms with Crippen molar-refractivity contribution in [2.24, 2.45) is 5.73 Å². The molecule has 122 valence electrons. The Morgan fingerprint density at radius 2 is 1.77 bits per heavy atom. The van der Waals surface area contributed by atoms with E-state index in [0.29, 0.717) is 0 Å². The Morgan fingerprint density at radius 3 is 2.23 bits per heavy atom. The van der Waals surface area contributed by atoms with Gasteiger partial charge in [-0.25, -0.2) is 19.4 Å². The maximum absolute atomic E-state index is 12.1. The lowest BCUT2D eigenvalue weighted by atomic mass is 10.2. The molecule has 0 aliphatic carbocycles. The number of carboxylic acids is 1. The Kier molecular flexibility index (Phi) is 6.99. The van der Waals surface area contributed by atoms with E-state index in [4.69, 9.17) is 38.8 Å². The zero-order chi connectivity index (χ0) is 16.9. The molecule has 7 nitrogen and oxygen atoms in total. The number of nitrogens with two attached hydrogens (primary N) is 1. The van der Waals surface area contributed by atoms with Crippen molar-refractivity contribution >= 4 is 42.4 Å². The minimum atomic E-state index is -3.83. The number of hydrogen-bond donors (Lipinski definition) is 4. The first-order valence-electron chi connectivity index (χ1n) is 6.11. The fourth-order valence-corrected chi connectivity index (χ4v) is 3.54. The Morgan fingerprint density at radius 1 is 1.23 bits per heavy atom. The minimum Gasteiger partial charge on any atom is -0.479 e. The molecule has 0 spiro atoms. The molecular formula is C12H15Cl2NO6P+. The number of benzene rings is 1. The average Bonchev–Trinajstić information content (AvgIpc) is 2.42. The summed E-state index contributed by atoms with van der Waals surface area (Å²) in [6.45, 7) is -0.431. The molecule has 0 aromatic heterocycles. The van der Waals surface area contributed by atoms with Gasteiger partial charge in [-0.3, -0.25) is 0 Å². The fraction of sp³-hybridized carbons (Fsp3) is 0.333. The third-order valence-corrected chi connectivity index (χ3v) is 4.99. The predicted molar refractivity (Wildman–Crippen MR) is 83.8 cm³/mol. The van der Waals surface area contributed by atoms with E-state index in [-0.39, 0.29) is 40.5 Å². The van der Waals surface area contributed by atoms with Crippen molar-refractivity contribution in [1.29, 1.82) is 0 Å². The molecule has 0 aliphatic rings. The van der Waals surface area contributed by atoms with Gasteiger partial charge in [-0.05, 0) is 25.1 Å². The second-order valence-corrected chi connectivity index (χ2v) is 7.48. The Bertz CT molecular complexity index is 558. The molecule has 1 aromatic rings. The van der Waals surface area contributed by atoms with Gasteiger partial charge in [-0.15, -0.1) is 0 Å². The molecule has 0 radical (unpaired) electrons. The molecule has 10 heteroatoms. The van der Waals surface area contributed by atoms with Gasteiger partial charge in [0.15, 0.2) is 12.4 Å². The zero-order valence-corrected chi connectivity index (χ0v) is 13.7. The smallest absolute Gasteiger partial charge is 0.356 e. The van der Waals surface area contributed by atoms with Crippen LogP contribution in [0.25, 0.3) is 0 Å². The molecule has 1 rings (SSSR count). The van der Waals surface area contributed by atoms with E-state index in [2.05, 4.69) is 0 Å². The van der Waals surface area contributed by atoms with Crippen LogP contribution in [-0.2, 0) is 4.79 Å². The molecule has 0 saturated heterocycles. The summed E-state index contributed by atoms with van der Waals surface area (Å²) in [5.74, 6) is -1.31. The van der Waals surface area contributed by atoms with E-state index in [1.807, 2.05) is 0 Å². The molecule has 0 fully saturated rings. The van der Waals surface area contributed by atoms with Gasteiger partial charge in [0.25, 0.3) is 0 Å². The van der Waals surface area contributed by atoms with Crippen LogP contribution in [0.4, 0.5) is 0 Å². The van der Waals surface area contributed by atoms with E-state index < -0.39 is 25.8 Å². The van der Waals surface area contributed by atoms with Crippen LogP contribution in [0.15, 0.2) is 12.1 Å². The first-order chi connectivity index (χ1) is 10.2. The average molecular weight is 371 g/mol. The van der Waals surface area contributed by atoms with Gasteiger partial charge in [0.05, 0.1) is 15.6 Å². The van der Waals surface area contributed by atoms with Gasteiger partial charge in [0.2, 0.25) is 0 Å². The third-order valence-electron chi connectivity index (χ3n) is 2.58. The Balaban J connectivity index is 3.03. The standard InChI is InChI=1S/C12H14Cl2NO6P/c13-8-4-7(12(18)22(19,20)3-1-2-15)5-9(14)11(8)21-6-10(16)17/h4-5,19-20H,1-3,6,15H2/p+1. The van der Waals surface area contributed by atoms with E-state index >= 15 is 0 Å². The zero-order valence-electron chi connectivity index (χ0n) is 11.3. The molecule has 1 aromatic carbocycles. The fourth-order valence-electron chi connectivity index (χ4n) is 1.58. The maximum Gasteiger partial charge on any atom is 0.356 e. The van der Waals surface area contributed by atoms with Crippen LogP contribution in [0.3, 0.4) is 0 Å². The van der Waals surface area contributed by atoms with E-state index in [1.54, 1.807) is 0 Å². The van der Waals surface area contributed by atoms with Crippen LogP contribution >= 0.6 is 30.9 Å². The molecule has 0 saturated carbocycles. The van der Waals surface area contributed by atoms with Crippen molar-refractivity contribution < 1.29 is 29.2 Å². The lowest BCUT2D eigenvalue weighted by molar-refractivity contribution is -0.139. The molecule has 0 amide bonds. The van der Waals surface area contributed by atoms with Crippen LogP contribution in [0.2, 0.25) is 10.0 Å². The number of aliphatic carboxylic acids is 1. The van der Waals surface area contributed by atoms with E-state index in [0.717, 1.165) is 12.1 Å². The molecule has 22 heavy (non-hydrogen) atoms. The van der Waals surface area contributed by atoms with Gasteiger partial charge in [0, 0.05) is 0 Å². The summed E-state index contributed by atoms with van der Waals surface area (Å²) in [6, 6.07) is 2.30. The van der Waals surface area contributed by atoms with Gasteiger partial charge in [0.1, 0.15) is 6.16 Å². The van der Waals surface area contributed by atoms with E-state index in [1.165, 1.54) is 0 Å². The quantitative estimate of drug-likeness (QED) is 0.513. The van der Waals surface area contributed by atoms with Gasteiger partial charge >= 0.3 is 19.2 Å². The molecule has 0 bridgehead atoms. The van der Waals surface area contributed by atoms with Crippen LogP contribution in [0.5, 0.6) is 5.75 Å². The minimum absolute atomic E-state index is 0.0898. The monoisotopic (exact) mass is 370 g/mol. The second kappa shape index (κ2) is 8.06. The molecule has 0 atom stereocenters. The number of halogens is 2. The third kappa shape index (κ3) is 5.05. The van der Waals surface area contributed by atoms with Gasteiger partial charge < -0.3 is 15.6 Å². The molecule has 0 aliphatic heterocycles. The summed E-state index contributed by atoms with van der Waals surface area (Å²) in [5, 5.41) is 8.35. The van der Waals surface area contributed by atoms with Crippen molar-refractivity contribution in [1.82, 2.24) is 0 Å². The number of hydrogen-bond acceptors (Lipinski definition) is 6. The summed E-state index contributed by atoms with van der Waals surface area (Å²) in [6.07, 6.45) is 0.155. The Hall–Kier alpha value is -0.950. The summed E-state index contributed by atoms with van der Waals surface area (Å²) < 4.78 is 4.91. The largest absolute Gasteiger partial charge is 0.479 e. The van der Waals surface area contributed by atoms with Crippen molar-refractivity contribution in [2.45, 2.75) is 6.42 Å². The highest BCUT2D eigenvalue weighted by molar-refractivity contribution is 7.81. The van der Waals surface area contributed by atoms with Crippen molar-refractivity contribution in [3.63, 3.8) is 0 Å². The topological polar surface area (TPSA) is 130 Å². The number of rotatable bonds is 8. The summed E-state index contributed by atoms with van der Waals surface area (Å²) in [5.41, 5.74) is 4.31. The Labute approximate surface area is 137 Å². The van der Waals surface area contributed by atoms with Crippen molar-refractivity contribution in [2.75, 3.05) is 19.3 Å².